The van der Waals surface area contributed by atoms with Gasteiger partial charge in [0.25, 0.3) is 0 Å². The smallest absolute Gasteiger partial charge is 0.417 e. The summed E-state index contributed by atoms with van der Waals surface area (Å²) in [5, 5.41) is 3.08. The number of carbonyl (C=O) groups excluding carboxylic acids is 1. The molecular weight excluding hydrogens is 322 g/mol. The molecule has 0 aliphatic rings. The monoisotopic (exact) mass is 337 g/mol. The van der Waals surface area contributed by atoms with Crippen LogP contribution in [-0.4, -0.2) is 27.4 Å². The van der Waals surface area contributed by atoms with Gasteiger partial charge in [0.2, 0.25) is 5.75 Å². The van der Waals surface area contributed by atoms with E-state index in [0.29, 0.717) is 28.0 Å². The van der Waals surface area contributed by atoms with Crippen LogP contribution in [0.15, 0.2) is 36.4 Å². The Morgan fingerprint density at radius 3 is 2.13 bits per heavy atom. The molecule has 0 bridgehead atoms. The normalized spacial score (nSPS) is 9.91. The van der Waals surface area contributed by atoms with Crippen LogP contribution in [-0.2, 0) is 0 Å². The predicted octanol–water partition coefficient (Wildman–Crippen LogP) is 3.98. The Labute approximate surface area is 138 Å². The summed E-state index contributed by atoms with van der Waals surface area (Å²) in [5.74, 6) is 1.36. The number of anilines is 1. The number of para-hydroxylation sites is 1. The molecule has 1 amide bonds. The molecule has 0 aliphatic heterocycles. The molecule has 2 aromatic rings. The number of hydrogen-bond donors (Lipinski definition) is 1. The molecule has 1 N–H and O–H groups in total. The van der Waals surface area contributed by atoms with E-state index in [9.17, 15) is 4.79 Å². The summed E-state index contributed by atoms with van der Waals surface area (Å²) < 4.78 is 20.8. The number of amides is 1. The second kappa shape index (κ2) is 7.60. The van der Waals surface area contributed by atoms with Gasteiger partial charge < -0.3 is 18.9 Å². The molecule has 0 aliphatic carbocycles. The minimum absolute atomic E-state index is 0.183. The number of rotatable bonds is 5. The lowest BCUT2D eigenvalue weighted by atomic mass is 10.3. The van der Waals surface area contributed by atoms with Crippen LogP contribution < -0.4 is 24.3 Å². The highest BCUT2D eigenvalue weighted by Gasteiger charge is 2.17. The lowest BCUT2D eigenvalue weighted by Crippen LogP contribution is -2.18. The molecule has 0 heterocycles. The number of carbonyl (C=O) groups is 1. The van der Waals surface area contributed by atoms with Gasteiger partial charge in [-0.2, -0.15) is 0 Å². The van der Waals surface area contributed by atoms with Crippen LogP contribution in [0.5, 0.6) is 23.0 Å². The van der Waals surface area contributed by atoms with Gasteiger partial charge in [-0.1, -0.05) is 17.7 Å². The van der Waals surface area contributed by atoms with Gasteiger partial charge in [0.1, 0.15) is 5.75 Å². The van der Waals surface area contributed by atoms with E-state index in [0.717, 1.165) is 0 Å². The van der Waals surface area contributed by atoms with Gasteiger partial charge in [0.05, 0.1) is 27.0 Å². The SMILES string of the molecule is COc1cc(Cl)ccc1NC(=O)Oc1c(OC)cccc1OC. The van der Waals surface area contributed by atoms with Crippen LogP contribution in [0.4, 0.5) is 10.5 Å². The van der Waals surface area contributed by atoms with E-state index in [1.807, 2.05) is 0 Å². The largest absolute Gasteiger partial charge is 0.495 e. The van der Waals surface area contributed by atoms with Crippen molar-refractivity contribution in [2.24, 2.45) is 0 Å². The summed E-state index contributed by atoms with van der Waals surface area (Å²) in [6, 6.07) is 9.87. The van der Waals surface area contributed by atoms with E-state index in [1.54, 1.807) is 36.4 Å². The van der Waals surface area contributed by atoms with Crippen molar-refractivity contribution in [1.82, 2.24) is 0 Å². The molecule has 23 heavy (non-hydrogen) atoms. The van der Waals surface area contributed by atoms with E-state index in [-0.39, 0.29) is 5.75 Å². The van der Waals surface area contributed by atoms with Gasteiger partial charge in [-0.25, -0.2) is 4.79 Å². The zero-order valence-corrected chi connectivity index (χ0v) is 13.6. The van der Waals surface area contributed by atoms with Gasteiger partial charge in [-0.15, -0.1) is 0 Å². The van der Waals surface area contributed by atoms with E-state index < -0.39 is 6.09 Å². The lowest BCUT2D eigenvalue weighted by molar-refractivity contribution is 0.210. The molecule has 2 aromatic carbocycles. The summed E-state index contributed by atoms with van der Waals surface area (Å²) in [4.78, 5) is 12.1. The van der Waals surface area contributed by atoms with Crippen molar-refractivity contribution in [2.45, 2.75) is 0 Å². The summed E-state index contributed by atoms with van der Waals surface area (Å²) >= 11 is 5.88. The quantitative estimate of drug-likeness (QED) is 0.894. The van der Waals surface area contributed by atoms with Gasteiger partial charge in [-0.3, -0.25) is 5.32 Å². The maximum absolute atomic E-state index is 12.1. The van der Waals surface area contributed by atoms with Crippen molar-refractivity contribution < 1.29 is 23.7 Å². The molecule has 0 fully saturated rings. The number of halogens is 1. The second-order valence-corrected chi connectivity index (χ2v) is 4.79. The molecular formula is C16H16ClNO5. The van der Waals surface area contributed by atoms with Crippen molar-refractivity contribution in [3.05, 3.63) is 41.4 Å². The highest BCUT2D eigenvalue weighted by molar-refractivity contribution is 6.30. The molecule has 122 valence electrons. The molecule has 0 radical (unpaired) electrons. The standard InChI is InChI=1S/C16H16ClNO5/c1-20-12-5-4-6-13(21-2)15(12)23-16(19)18-11-8-7-10(17)9-14(11)22-3/h4-9H,1-3H3,(H,18,19). The first kappa shape index (κ1) is 16.8. The van der Waals surface area contributed by atoms with E-state index in [1.165, 1.54) is 21.3 Å². The highest BCUT2D eigenvalue weighted by atomic mass is 35.5. The fourth-order valence-corrected chi connectivity index (χ4v) is 2.08. The molecule has 0 saturated carbocycles. The lowest BCUT2D eigenvalue weighted by Gasteiger charge is -2.14. The van der Waals surface area contributed by atoms with Gasteiger partial charge >= 0.3 is 6.09 Å². The zero-order chi connectivity index (χ0) is 16.8. The molecule has 2 rings (SSSR count). The summed E-state index contributed by atoms with van der Waals surface area (Å²) in [5.41, 5.74) is 0.427. The first-order valence-electron chi connectivity index (χ1n) is 6.62. The molecule has 0 atom stereocenters. The first-order valence-corrected chi connectivity index (χ1v) is 7.00. The summed E-state index contributed by atoms with van der Waals surface area (Å²) in [7, 11) is 4.43. The van der Waals surface area contributed by atoms with Crippen LogP contribution in [0, 0.1) is 0 Å². The Morgan fingerprint density at radius 2 is 1.57 bits per heavy atom. The highest BCUT2D eigenvalue weighted by Crippen LogP contribution is 2.37. The number of benzene rings is 2. The summed E-state index contributed by atoms with van der Waals surface area (Å²) in [6.07, 6.45) is -0.714. The molecule has 0 spiro atoms. The zero-order valence-electron chi connectivity index (χ0n) is 12.9. The van der Waals surface area contributed by atoms with Crippen molar-refractivity contribution in [1.29, 1.82) is 0 Å². The third-order valence-corrected chi connectivity index (χ3v) is 3.21. The first-order chi connectivity index (χ1) is 11.1. The van der Waals surface area contributed by atoms with Crippen molar-refractivity contribution in [3.63, 3.8) is 0 Å². The number of hydrogen-bond acceptors (Lipinski definition) is 5. The Kier molecular flexibility index (Phi) is 5.54. The van der Waals surface area contributed by atoms with Gasteiger partial charge in [0.15, 0.2) is 11.5 Å². The average molecular weight is 338 g/mol. The van der Waals surface area contributed by atoms with Crippen LogP contribution in [0.3, 0.4) is 0 Å². The van der Waals surface area contributed by atoms with Crippen LogP contribution >= 0.6 is 11.6 Å². The van der Waals surface area contributed by atoms with Crippen LogP contribution in [0.25, 0.3) is 0 Å². The molecule has 6 nitrogen and oxygen atoms in total. The average Bonchev–Trinajstić information content (AvgIpc) is 2.56. The number of nitrogens with one attached hydrogen (secondary N) is 1. The van der Waals surface area contributed by atoms with E-state index in [4.69, 9.17) is 30.5 Å². The third kappa shape index (κ3) is 3.98. The second-order valence-electron chi connectivity index (χ2n) is 4.35. The van der Waals surface area contributed by atoms with Crippen molar-refractivity contribution in [3.8, 4) is 23.0 Å². The number of ether oxygens (including phenoxy) is 4. The topological polar surface area (TPSA) is 66.0 Å². The molecule has 0 unspecified atom stereocenters. The summed E-state index contributed by atoms with van der Waals surface area (Å²) in [6.45, 7) is 0. The van der Waals surface area contributed by atoms with E-state index in [2.05, 4.69) is 5.32 Å². The third-order valence-electron chi connectivity index (χ3n) is 2.98. The van der Waals surface area contributed by atoms with Crippen LogP contribution in [0.1, 0.15) is 0 Å². The maximum Gasteiger partial charge on any atom is 0.417 e. The molecule has 0 saturated heterocycles. The maximum atomic E-state index is 12.1. The van der Waals surface area contributed by atoms with E-state index >= 15 is 0 Å². The fourth-order valence-electron chi connectivity index (χ4n) is 1.91. The Balaban J connectivity index is 2.21. The Bertz CT molecular complexity index is 683. The minimum Gasteiger partial charge on any atom is -0.495 e. The minimum atomic E-state index is -0.714. The van der Waals surface area contributed by atoms with Crippen LogP contribution in [0.2, 0.25) is 5.02 Å². The molecule has 0 aromatic heterocycles. The molecule has 7 heteroatoms. The Hall–Kier alpha value is -2.60. The van der Waals surface area contributed by atoms with Crippen molar-refractivity contribution >= 4 is 23.4 Å². The Morgan fingerprint density at radius 1 is 0.957 bits per heavy atom. The predicted molar refractivity (Wildman–Crippen MR) is 87.2 cm³/mol. The fraction of sp³-hybridized carbons (Fsp3) is 0.188. The number of methoxy groups -OCH3 is 3. The van der Waals surface area contributed by atoms with Gasteiger partial charge in [0, 0.05) is 11.1 Å². The van der Waals surface area contributed by atoms with Crippen molar-refractivity contribution in [2.75, 3.05) is 26.6 Å². The van der Waals surface area contributed by atoms with Gasteiger partial charge in [-0.05, 0) is 24.3 Å².